The highest BCUT2D eigenvalue weighted by Crippen LogP contribution is 2.29. The van der Waals surface area contributed by atoms with Crippen LogP contribution in [0, 0.1) is 0 Å². The molecule has 0 aliphatic heterocycles. The summed E-state index contributed by atoms with van der Waals surface area (Å²) < 4.78 is 44.3. The molecule has 156 valence electrons. The van der Waals surface area contributed by atoms with Crippen LogP contribution in [0.15, 0.2) is 42.5 Å². The van der Waals surface area contributed by atoms with E-state index in [0.29, 0.717) is 16.9 Å². The second kappa shape index (κ2) is 10.8. The van der Waals surface area contributed by atoms with E-state index < -0.39 is 12.6 Å². The number of esters is 1. The maximum Gasteiger partial charge on any atom is 0.387 e. The average molecular weight is 409 g/mol. The molecule has 0 aromatic heterocycles. The number of benzene rings is 2. The van der Waals surface area contributed by atoms with Crippen LogP contribution in [0.5, 0.6) is 17.2 Å². The highest BCUT2D eigenvalue weighted by molar-refractivity contribution is 5.89. The van der Waals surface area contributed by atoms with Crippen molar-refractivity contribution in [1.82, 2.24) is 5.32 Å². The van der Waals surface area contributed by atoms with Crippen molar-refractivity contribution in [3.05, 3.63) is 53.6 Å². The molecule has 0 aliphatic rings. The molecule has 9 heteroatoms. The SMILES string of the molecule is CCOC(=O)c1ccc(OCC(=O)NCc2ccc(OC(F)F)c(OC)c2)cc1. The monoisotopic (exact) mass is 409 g/mol. The van der Waals surface area contributed by atoms with Crippen LogP contribution in [0.25, 0.3) is 0 Å². The van der Waals surface area contributed by atoms with Crippen LogP contribution < -0.4 is 19.5 Å². The second-order valence-corrected chi connectivity index (χ2v) is 5.67. The van der Waals surface area contributed by atoms with E-state index in [4.69, 9.17) is 14.2 Å². The number of nitrogens with one attached hydrogen (secondary N) is 1. The smallest absolute Gasteiger partial charge is 0.387 e. The van der Waals surface area contributed by atoms with E-state index in [0.717, 1.165) is 0 Å². The number of rotatable bonds is 10. The first-order valence-corrected chi connectivity index (χ1v) is 8.71. The Morgan fingerprint density at radius 3 is 2.41 bits per heavy atom. The summed E-state index contributed by atoms with van der Waals surface area (Å²) in [4.78, 5) is 23.5. The summed E-state index contributed by atoms with van der Waals surface area (Å²) in [6.07, 6.45) is 0. The summed E-state index contributed by atoms with van der Waals surface area (Å²) >= 11 is 0. The average Bonchev–Trinajstić information content (AvgIpc) is 2.71. The van der Waals surface area contributed by atoms with Crippen molar-refractivity contribution < 1.29 is 37.3 Å². The topological polar surface area (TPSA) is 83.1 Å². The maximum atomic E-state index is 12.3. The minimum Gasteiger partial charge on any atom is -0.493 e. The van der Waals surface area contributed by atoms with Crippen LogP contribution >= 0.6 is 0 Å². The molecule has 2 aromatic carbocycles. The van der Waals surface area contributed by atoms with E-state index in [2.05, 4.69) is 10.1 Å². The molecule has 0 spiro atoms. The van der Waals surface area contributed by atoms with Crippen molar-refractivity contribution in [3.63, 3.8) is 0 Å². The number of alkyl halides is 2. The fourth-order valence-electron chi connectivity index (χ4n) is 2.32. The Hall–Kier alpha value is -3.36. The Labute approximate surface area is 166 Å². The van der Waals surface area contributed by atoms with E-state index in [1.54, 1.807) is 31.2 Å². The summed E-state index contributed by atoms with van der Waals surface area (Å²) in [6, 6.07) is 10.6. The zero-order valence-corrected chi connectivity index (χ0v) is 15.9. The molecule has 0 unspecified atom stereocenters. The van der Waals surface area contributed by atoms with E-state index in [-0.39, 0.29) is 37.2 Å². The number of hydrogen-bond donors (Lipinski definition) is 1. The van der Waals surface area contributed by atoms with Gasteiger partial charge >= 0.3 is 12.6 Å². The highest BCUT2D eigenvalue weighted by atomic mass is 19.3. The lowest BCUT2D eigenvalue weighted by Gasteiger charge is -2.12. The van der Waals surface area contributed by atoms with Crippen LogP contribution in [-0.2, 0) is 16.1 Å². The molecule has 0 radical (unpaired) electrons. The van der Waals surface area contributed by atoms with Crippen molar-refractivity contribution in [2.24, 2.45) is 0 Å². The highest BCUT2D eigenvalue weighted by Gasteiger charge is 2.12. The molecule has 0 bridgehead atoms. The van der Waals surface area contributed by atoms with Gasteiger partial charge in [0.2, 0.25) is 0 Å². The molecule has 2 aromatic rings. The lowest BCUT2D eigenvalue weighted by molar-refractivity contribution is -0.123. The molecule has 1 N–H and O–H groups in total. The van der Waals surface area contributed by atoms with Crippen LogP contribution in [-0.4, -0.2) is 38.8 Å². The second-order valence-electron chi connectivity index (χ2n) is 5.67. The Morgan fingerprint density at radius 2 is 1.79 bits per heavy atom. The summed E-state index contributed by atoms with van der Waals surface area (Å²) in [6.45, 7) is -1.05. The fourth-order valence-corrected chi connectivity index (χ4v) is 2.32. The molecule has 0 atom stereocenters. The Morgan fingerprint density at radius 1 is 1.07 bits per heavy atom. The summed E-state index contributed by atoms with van der Waals surface area (Å²) in [5.74, 6) is -0.353. The van der Waals surface area contributed by atoms with E-state index >= 15 is 0 Å². The minimum absolute atomic E-state index is 0.0906. The molecule has 0 heterocycles. The third kappa shape index (κ3) is 6.95. The van der Waals surface area contributed by atoms with Gasteiger partial charge in [-0.2, -0.15) is 8.78 Å². The molecule has 0 saturated carbocycles. The molecule has 0 aliphatic carbocycles. The van der Waals surface area contributed by atoms with Crippen LogP contribution in [0.3, 0.4) is 0 Å². The number of amides is 1. The zero-order chi connectivity index (χ0) is 21.2. The first-order valence-electron chi connectivity index (χ1n) is 8.71. The van der Waals surface area contributed by atoms with E-state index in [1.165, 1.54) is 25.3 Å². The molecule has 1 amide bonds. The van der Waals surface area contributed by atoms with Gasteiger partial charge in [0.25, 0.3) is 5.91 Å². The summed E-state index contributed by atoms with van der Waals surface area (Å²) in [5, 5.41) is 2.64. The van der Waals surface area contributed by atoms with Gasteiger partial charge in [-0.3, -0.25) is 4.79 Å². The number of carbonyl (C=O) groups is 2. The van der Waals surface area contributed by atoms with Gasteiger partial charge in [-0.25, -0.2) is 4.79 Å². The van der Waals surface area contributed by atoms with Crippen molar-refractivity contribution in [2.75, 3.05) is 20.3 Å². The molecule has 7 nitrogen and oxygen atoms in total. The number of ether oxygens (including phenoxy) is 4. The van der Waals surface area contributed by atoms with Gasteiger partial charge in [-0.1, -0.05) is 6.07 Å². The number of methoxy groups -OCH3 is 1. The van der Waals surface area contributed by atoms with E-state index in [1.807, 2.05) is 0 Å². The summed E-state index contributed by atoms with van der Waals surface area (Å²) in [7, 11) is 1.33. The van der Waals surface area contributed by atoms with Gasteiger partial charge in [0, 0.05) is 6.54 Å². The van der Waals surface area contributed by atoms with Gasteiger partial charge in [-0.05, 0) is 48.9 Å². The van der Waals surface area contributed by atoms with Crippen LogP contribution in [0.4, 0.5) is 8.78 Å². The number of carbonyl (C=O) groups excluding carboxylic acids is 2. The van der Waals surface area contributed by atoms with Gasteiger partial charge in [0.15, 0.2) is 18.1 Å². The predicted octanol–water partition coefficient (Wildman–Crippen LogP) is 3.17. The Kier molecular flexibility index (Phi) is 8.20. The van der Waals surface area contributed by atoms with Gasteiger partial charge in [-0.15, -0.1) is 0 Å². The van der Waals surface area contributed by atoms with Gasteiger partial charge in [0.1, 0.15) is 5.75 Å². The molecule has 29 heavy (non-hydrogen) atoms. The quantitative estimate of drug-likeness (QED) is 0.607. The lowest BCUT2D eigenvalue weighted by Crippen LogP contribution is -2.28. The lowest BCUT2D eigenvalue weighted by atomic mass is 10.2. The molecule has 2 rings (SSSR count). The largest absolute Gasteiger partial charge is 0.493 e. The Bertz CT molecular complexity index is 826. The maximum absolute atomic E-state index is 12.3. The predicted molar refractivity (Wildman–Crippen MR) is 99.4 cm³/mol. The van der Waals surface area contributed by atoms with Crippen molar-refractivity contribution in [3.8, 4) is 17.2 Å². The third-order valence-electron chi connectivity index (χ3n) is 3.67. The molecule has 0 saturated heterocycles. The van der Waals surface area contributed by atoms with Crippen molar-refractivity contribution in [1.29, 1.82) is 0 Å². The van der Waals surface area contributed by atoms with Crippen molar-refractivity contribution in [2.45, 2.75) is 20.1 Å². The first kappa shape index (κ1) is 21.9. The first-order chi connectivity index (χ1) is 13.9. The van der Waals surface area contributed by atoms with Gasteiger partial charge in [0.05, 0.1) is 19.3 Å². The molecular formula is C20H21F2NO6. The van der Waals surface area contributed by atoms with Crippen molar-refractivity contribution >= 4 is 11.9 Å². The normalized spacial score (nSPS) is 10.4. The molecular weight excluding hydrogens is 388 g/mol. The molecule has 0 fully saturated rings. The zero-order valence-electron chi connectivity index (χ0n) is 15.9. The number of hydrogen-bond acceptors (Lipinski definition) is 6. The van der Waals surface area contributed by atoms with E-state index in [9.17, 15) is 18.4 Å². The minimum atomic E-state index is -2.96. The number of halogens is 2. The third-order valence-corrected chi connectivity index (χ3v) is 3.67. The standard InChI is InChI=1S/C20H21F2NO6/c1-3-27-19(25)14-5-7-15(8-6-14)28-12-18(24)23-11-13-4-9-16(29-20(21)22)17(10-13)26-2/h4-10,20H,3,11-12H2,1-2H3,(H,23,24). The van der Waals surface area contributed by atoms with Crippen LogP contribution in [0.2, 0.25) is 0 Å². The fraction of sp³-hybridized carbons (Fsp3) is 0.300. The van der Waals surface area contributed by atoms with Crippen LogP contribution in [0.1, 0.15) is 22.8 Å². The Balaban J connectivity index is 1.83. The summed E-state index contributed by atoms with van der Waals surface area (Å²) in [5.41, 5.74) is 1.02. The van der Waals surface area contributed by atoms with Gasteiger partial charge < -0.3 is 24.3 Å².